The molecular formula is C17H24N2S. The lowest BCUT2D eigenvalue weighted by Gasteiger charge is -2.21. The van der Waals surface area contributed by atoms with Crippen LogP contribution in [0.3, 0.4) is 0 Å². The summed E-state index contributed by atoms with van der Waals surface area (Å²) in [5, 5.41) is 13.5. The molecule has 1 fully saturated rings. The van der Waals surface area contributed by atoms with Gasteiger partial charge in [0.25, 0.3) is 0 Å². The molecule has 1 aromatic carbocycles. The standard InChI is InChI=1S/C17H24N2S/c1-13(2)19-12-14-8-9-17(15(10-14)11-18)20-16-6-4-3-5-7-16/h8-10,13,16,19H,3-7,12H2,1-2H3. The second-order valence-corrected chi connectivity index (χ2v) is 7.20. The molecule has 1 aliphatic rings. The maximum Gasteiger partial charge on any atom is 0.100 e. The predicted molar refractivity (Wildman–Crippen MR) is 85.9 cm³/mol. The lowest BCUT2D eigenvalue weighted by molar-refractivity contribution is 0.516. The zero-order valence-corrected chi connectivity index (χ0v) is 13.3. The van der Waals surface area contributed by atoms with Gasteiger partial charge in [-0.05, 0) is 30.5 Å². The molecule has 0 radical (unpaired) electrons. The van der Waals surface area contributed by atoms with Crippen LogP contribution in [0.2, 0.25) is 0 Å². The average molecular weight is 288 g/mol. The van der Waals surface area contributed by atoms with E-state index in [1.807, 2.05) is 17.8 Å². The number of thioether (sulfide) groups is 1. The Balaban J connectivity index is 2.03. The van der Waals surface area contributed by atoms with E-state index in [1.54, 1.807) is 0 Å². The minimum Gasteiger partial charge on any atom is -0.310 e. The molecule has 108 valence electrons. The first kappa shape index (κ1) is 15.4. The second kappa shape index (κ2) is 7.71. The maximum absolute atomic E-state index is 9.37. The SMILES string of the molecule is CC(C)NCc1ccc(SC2CCCCC2)c(C#N)c1. The third-order valence-corrected chi connectivity index (χ3v) is 5.14. The molecule has 0 bridgehead atoms. The van der Waals surface area contributed by atoms with E-state index in [1.165, 1.54) is 37.7 Å². The van der Waals surface area contributed by atoms with Gasteiger partial charge in [-0.3, -0.25) is 0 Å². The zero-order valence-electron chi connectivity index (χ0n) is 12.5. The van der Waals surface area contributed by atoms with Crippen LogP contribution in [-0.2, 0) is 6.54 Å². The van der Waals surface area contributed by atoms with Crippen molar-refractivity contribution >= 4 is 11.8 Å². The highest BCUT2D eigenvalue weighted by atomic mass is 32.2. The van der Waals surface area contributed by atoms with Gasteiger partial charge in [-0.1, -0.05) is 39.2 Å². The highest BCUT2D eigenvalue weighted by Crippen LogP contribution is 2.35. The molecule has 0 aromatic heterocycles. The lowest BCUT2D eigenvalue weighted by Crippen LogP contribution is -2.21. The van der Waals surface area contributed by atoms with Crippen molar-refractivity contribution in [3.63, 3.8) is 0 Å². The average Bonchev–Trinajstić information content (AvgIpc) is 2.47. The Bertz CT molecular complexity index is 470. The molecule has 0 aliphatic heterocycles. The van der Waals surface area contributed by atoms with Gasteiger partial charge in [-0.15, -0.1) is 11.8 Å². The minimum atomic E-state index is 0.469. The molecule has 1 saturated carbocycles. The summed E-state index contributed by atoms with van der Waals surface area (Å²) >= 11 is 1.91. The fourth-order valence-electron chi connectivity index (χ4n) is 2.56. The van der Waals surface area contributed by atoms with Crippen molar-refractivity contribution in [2.45, 2.75) is 68.7 Å². The monoisotopic (exact) mass is 288 g/mol. The van der Waals surface area contributed by atoms with Crippen molar-refractivity contribution in [3.8, 4) is 6.07 Å². The topological polar surface area (TPSA) is 35.8 Å². The molecule has 20 heavy (non-hydrogen) atoms. The van der Waals surface area contributed by atoms with Crippen LogP contribution in [0.1, 0.15) is 57.1 Å². The number of nitrogens with one attached hydrogen (secondary N) is 1. The van der Waals surface area contributed by atoms with Crippen molar-refractivity contribution in [3.05, 3.63) is 29.3 Å². The summed E-state index contributed by atoms with van der Waals surface area (Å²) in [6.45, 7) is 5.11. The molecule has 0 saturated heterocycles. The Labute approximate surface area is 127 Å². The zero-order chi connectivity index (χ0) is 14.4. The first-order valence-electron chi connectivity index (χ1n) is 7.62. The number of hydrogen-bond donors (Lipinski definition) is 1. The van der Waals surface area contributed by atoms with Gasteiger partial charge >= 0.3 is 0 Å². The van der Waals surface area contributed by atoms with Crippen LogP contribution in [0.25, 0.3) is 0 Å². The molecule has 3 heteroatoms. The Kier molecular flexibility index (Phi) is 5.94. The van der Waals surface area contributed by atoms with E-state index in [-0.39, 0.29) is 0 Å². The van der Waals surface area contributed by atoms with E-state index in [2.05, 4.69) is 37.4 Å². The molecule has 0 atom stereocenters. The van der Waals surface area contributed by atoms with Gasteiger partial charge in [0.15, 0.2) is 0 Å². The van der Waals surface area contributed by atoms with E-state index in [9.17, 15) is 5.26 Å². The Morgan fingerprint density at radius 3 is 2.70 bits per heavy atom. The fourth-order valence-corrected chi connectivity index (χ4v) is 3.87. The maximum atomic E-state index is 9.37. The van der Waals surface area contributed by atoms with Gasteiger partial charge in [0, 0.05) is 22.7 Å². The highest BCUT2D eigenvalue weighted by Gasteiger charge is 2.16. The Hall–Kier alpha value is -0.980. The third kappa shape index (κ3) is 4.54. The van der Waals surface area contributed by atoms with E-state index in [4.69, 9.17) is 0 Å². The van der Waals surface area contributed by atoms with Gasteiger partial charge in [0.1, 0.15) is 6.07 Å². The van der Waals surface area contributed by atoms with Gasteiger partial charge in [-0.2, -0.15) is 5.26 Å². The van der Waals surface area contributed by atoms with E-state index >= 15 is 0 Å². The van der Waals surface area contributed by atoms with Gasteiger partial charge in [-0.25, -0.2) is 0 Å². The van der Waals surface area contributed by atoms with Crippen molar-refractivity contribution in [1.29, 1.82) is 5.26 Å². The number of benzene rings is 1. The summed E-state index contributed by atoms with van der Waals surface area (Å²) in [7, 11) is 0. The van der Waals surface area contributed by atoms with Crippen LogP contribution >= 0.6 is 11.8 Å². The molecule has 0 heterocycles. The van der Waals surface area contributed by atoms with Crippen LogP contribution in [0.4, 0.5) is 0 Å². The summed E-state index contributed by atoms with van der Waals surface area (Å²) in [5.41, 5.74) is 2.03. The van der Waals surface area contributed by atoms with Crippen LogP contribution < -0.4 is 5.32 Å². The van der Waals surface area contributed by atoms with Crippen LogP contribution in [0.5, 0.6) is 0 Å². The summed E-state index contributed by atoms with van der Waals surface area (Å²) in [4.78, 5) is 1.16. The quantitative estimate of drug-likeness (QED) is 0.867. The summed E-state index contributed by atoms with van der Waals surface area (Å²) < 4.78 is 0. The molecule has 1 N–H and O–H groups in total. The van der Waals surface area contributed by atoms with E-state index in [0.29, 0.717) is 11.3 Å². The first-order valence-corrected chi connectivity index (χ1v) is 8.50. The summed E-state index contributed by atoms with van der Waals surface area (Å²) in [5.74, 6) is 0. The number of nitriles is 1. The number of hydrogen-bond acceptors (Lipinski definition) is 3. The molecular weight excluding hydrogens is 264 g/mol. The van der Waals surface area contributed by atoms with Crippen molar-refractivity contribution in [2.75, 3.05) is 0 Å². The first-order chi connectivity index (χ1) is 9.69. The molecule has 0 spiro atoms. The molecule has 1 aromatic rings. The van der Waals surface area contributed by atoms with Crippen LogP contribution in [0.15, 0.2) is 23.1 Å². The second-order valence-electron chi connectivity index (χ2n) is 5.86. The van der Waals surface area contributed by atoms with Crippen molar-refractivity contribution < 1.29 is 0 Å². The predicted octanol–water partition coefficient (Wildman–Crippen LogP) is 4.48. The molecule has 0 unspecified atom stereocenters. The fraction of sp³-hybridized carbons (Fsp3) is 0.588. The minimum absolute atomic E-state index is 0.469. The number of nitrogens with zero attached hydrogens (tertiary/aromatic N) is 1. The largest absolute Gasteiger partial charge is 0.310 e. The van der Waals surface area contributed by atoms with Crippen LogP contribution in [-0.4, -0.2) is 11.3 Å². The van der Waals surface area contributed by atoms with Gasteiger partial charge in [0.05, 0.1) is 5.56 Å². The van der Waals surface area contributed by atoms with Gasteiger partial charge < -0.3 is 5.32 Å². The number of rotatable bonds is 5. The molecule has 2 nitrogen and oxygen atoms in total. The Morgan fingerprint density at radius 2 is 2.05 bits per heavy atom. The normalized spacial score (nSPS) is 16.3. The van der Waals surface area contributed by atoms with Crippen molar-refractivity contribution in [1.82, 2.24) is 5.32 Å². The summed E-state index contributed by atoms with van der Waals surface area (Å²) in [6, 6.07) is 9.16. The molecule has 1 aliphatic carbocycles. The summed E-state index contributed by atoms with van der Waals surface area (Å²) in [6.07, 6.45) is 6.66. The van der Waals surface area contributed by atoms with Crippen molar-refractivity contribution in [2.24, 2.45) is 0 Å². The van der Waals surface area contributed by atoms with E-state index < -0.39 is 0 Å². The third-order valence-electron chi connectivity index (χ3n) is 3.72. The highest BCUT2D eigenvalue weighted by molar-refractivity contribution is 8.00. The molecule has 0 amide bonds. The van der Waals surface area contributed by atoms with Gasteiger partial charge in [0.2, 0.25) is 0 Å². The Morgan fingerprint density at radius 1 is 1.30 bits per heavy atom. The smallest absolute Gasteiger partial charge is 0.100 e. The van der Waals surface area contributed by atoms with Crippen LogP contribution in [0, 0.1) is 11.3 Å². The van der Waals surface area contributed by atoms with E-state index in [0.717, 1.165) is 17.0 Å². The molecule has 2 rings (SSSR count). The lowest BCUT2D eigenvalue weighted by atomic mass is 10.0.